The largest absolute Gasteiger partial charge is 0.493 e. The molecule has 3 rings (SSSR count). The summed E-state index contributed by atoms with van der Waals surface area (Å²) in [5.74, 6) is 2.01. The van der Waals surface area contributed by atoms with Crippen molar-refractivity contribution in [1.82, 2.24) is 10.2 Å². The van der Waals surface area contributed by atoms with Crippen LogP contribution in [0, 0.1) is 13.8 Å². The lowest BCUT2D eigenvalue weighted by Gasteiger charge is -2.12. The van der Waals surface area contributed by atoms with Gasteiger partial charge >= 0.3 is 0 Å². The molecule has 7 nitrogen and oxygen atoms in total. The SMILES string of the molecule is COc1ccc(CC(=O)Nc2ccc(Nc3c(C)cccc3C)nn2)cc1OC. The van der Waals surface area contributed by atoms with Crippen molar-refractivity contribution in [3.05, 3.63) is 65.2 Å². The second kappa shape index (κ2) is 9.05. The van der Waals surface area contributed by atoms with Crippen molar-refractivity contribution in [2.24, 2.45) is 0 Å². The van der Waals surface area contributed by atoms with E-state index < -0.39 is 0 Å². The molecule has 1 amide bonds. The Morgan fingerprint density at radius 3 is 2.17 bits per heavy atom. The van der Waals surface area contributed by atoms with Gasteiger partial charge in [0.2, 0.25) is 5.91 Å². The van der Waals surface area contributed by atoms with Gasteiger partial charge < -0.3 is 20.1 Å². The van der Waals surface area contributed by atoms with Crippen LogP contribution in [-0.2, 0) is 11.2 Å². The topological polar surface area (TPSA) is 85.4 Å². The Hall–Kier alpha value is -3.61. The molecule has 0 aliphatic heterocycles. The van der Waals surface area contributed by atoms with Crippen LogP contribution >= 0.6 is 0 Å². The molecule has 0 saturated carbocycles. The van der Waals surface area contributed by atoms with E-state index in [1.165, 1.54) is 0 Å². The number of amides is 1. The van der Waals surface area contributed by atoms with Crippen LogP contribution in [0.3, 0.4) is 0 Å². The number of nitrogens with zero attached hydrogens (tertiary/aromatic N) is 2. The average molecular weight is 392 g/mol. The number of carbonyl (C=O) groups excluding carboxylic acids is 1. The van der Waals surface area contributed by atoms with Gasteiger partial charge in [0, 0.05) is 5.69 Å². The number of carbonyl (C=O) groups is 1. The molecule has 0 saturated heterocycles. The van der Waals surface area contributed by atoms with Crippen LogP contribution in [0.15, 0.2) is 48.5 Å². The zero-order valence-electron chi connectivity index (χ0n) is 16.9. The lowest BCUT2D eigenvalue weighted by atomic mass is 10.1. The van der Waals surface area contributed by atoms with Crippen LogP contribution in [0.4, 0.5) is 17.3 Å². The first-order valence-corrected chi connectivity index (χ1v) is 9.18. The van der Waals surface area contributed by atoms with Crippen molar-refractivity contribution in [3.8, 4) is 11.5 Å². The predicted octanol–water partition coefficient (Wildman–Crippen LogP) is 4.04. The third-order valence-corrected chi connectivity index (χ3v) is 4.48. The van der Waals surface area contributed by atoms with Crippen LogP contribution in [0.5, 0.6) is 11.5 Å². The minimum Gasteiger partial charge on any atom is -0.493 e. The highest BCUT2D eigenvalue weighted by molar-refractivity contribution is 5.91. The number of para-hydroxylation sites is 1. The molecule has 0 spiro atoms. The number of hydrogen-bond donors (Lipinski definition) is 2. The van der Waals surface area contributed by atoms with E-state index in [2.05, 4.69) is 20.8 Å². The van der Waals surface area contributed by atoms with E-state index in [1.807, 2.05) is 38.1 Å². The molecule has 0 bridgehead atoms. The fraction of sp³-hybridized carbons (Fsp3) is 0.227. The molecule has 7 heteroatoms. The molecule has 0 aliphatic carbocycles. The van der Waals surface area contributed by atoms with Gasteiger partial charge in [-0.2, -0.15) is 0 Å². The first-order valence-electron chi connectivity index (χ1n) is 9.18. The second-order valence-corrected chi connectivity index (χ2v) is 6.61. The molecular weight excluding hydrogens is 368 g/mol. The second-order valence-electron chi connectivity index (χ2n) is 6.61. The quantitative estimate of drug-likeness (QED) is 0.631. The number of benzene rings is 2. The molecule has 0 aliphatic rings. The molecule has 29 heavy (non-hydrogen) atoms. The standard InChI is InChI=1S/C22H24N4O3/c1-14-6-5-7-15(2)22(14)24-20-11-10-19(25-26-20)23-21(27)13-16-8-9-17(28-3)18(12-16)29-4/h5-12H,13H2,1-4H3,(H,24,26)(H,23,25,27). The van der Waals surface area contributed by atoms with Crippen molar-refractivity contribution in [1.29, 1.82) is 0 Å². The zero-order valence-corrected chi connectivity index (χ0v) is 16.9. The fourth-order valence-electron chi connectivity index (χ4n) is 2.97. The lowest BCUT2D eigenvalue weighted by molar-refractivity contribution is -0.115. The number of aryl methyl sites for hydroxylation is 2. The number of rotatable bonds is 7. The minimum absolute atomic E-state index is 0.185. The van der Waals surface area contributed by atoms with Crippen molar-refractivity contribution < 1.29 is 14.3 Å². The minimum atomic E-state index is -0.193. The van der Waals surface area contributed by atoms with Gasteiger partial charge in [-0.1, -0.05) is 24.3 Å². The summed E-state index contributed by atoms with van der Waals surface area (Å²) in [6.45, 7) is 4.07. The highest BCUT2D eigenvalue weighted by atomic mass is 16.5. The molecule has 0 unspecified atom stereocenters. The van der Waals surface area contributed by atoms with E-state index in [-0.39, 0.29) is 12.3 Å². The molecule has 2 aromatic carbocycles. The van der Waals surface area contributed by atoms with Gasteiger partial charge in [0.15, 0.2) is 23.1 Å². The number of anilines is 3. The summed E-state index contributed by atoms with van der Waals surface area (Å²) in [5, 5.41) is 14.3. The number of aromatic nitrogens is 2. The Kier molecular flexibility index (Phi) is 6.29. The van der Waals surface area contributed by atoms with E-state index in [1.54, 1.807) is 38.5 Å². The van der Waals surface area contributed by atoms with Gasteiger partial charge in [0.1, 0.15) is 0 Å². The first kappa shape index (κ1) is 20.1. The summed E-state index contributed by atoms with van der Waals surface area (Å²) < 4.78 is 10.5. The van der Waals surface area contributed by atoms with E-state index in [0.717, 1.165) is 22.4 Å². The number of methoxy groups -OCH3 is 2. The molecule has 0 atom stereocenters. The van der Waals surface area contributed by atoms with Crippen LogP contribution < -0.4 is 20.1 Å². The number of hydrogen-bond acceptors (Lipinski definition) is 6. The van der Waals surface area contributed by atoms with Crippen LogP contribution in [-0.4, -0.2) is 30.3 Å². The molecule has 0 radical (unpaired) electrons. The van der Waals surface area contributed by atoms with E-state index in [9.17, 15) is 4.79 Å². The summed E-state index contributed by atoms with van der Waals surface area (Å²) >= 11 is 0. The zero-order chi connectivity index (χ0) is 20.8. The molecular formula is C22H24N4O3. The molecule has 3 aromatic rings. The summed E-state index contributed by atoms with van der Waals surface area (Å²) in [6.07, 6.45) is 0.185. The lowest BCUT2D eigenvalue weighted by Crippen LogP contribution is -2.16. The van der Waals surface area contributed by atoms with Gasteiger partial charge in [0.25, 0.3) is 0 Å². The monoisotopic (exact) mass is 392 g/mol. The van der Waals surface area contributed by atoms with Gasteiger partial charge in [0.05, 0.1) is 20.6 Å². The van der Waals surface area contributed by atoms with Gasteiger partial charge in [-0.15, -0.1) is 10.2 Å². The van der Waals surface area contributed by atoms with Crippen molar-refractivity contribution >= 4 is 23.2 Å². The third-order valence-electron chi connectivity index (χ3n) is 4.48. The molecule has 2 N–H and O–H groups in total. The Balaban J connectivity index is 1.63. The van der Waals surface area contributed by atoms with Crippen molar-refractivity contribution in [3.63, 3.8) is 0 Å². The molecule has 0 fully saturated rings. The summed E-state index contributed by atoms with van der Waals surface area (Å²) in [5.41, 5.74) is 4.06. The summed E-state index contributed by atoms with van der Waals surface area (Å²) in [6, 6.07) is 15.0. The maximum atomic E-state index is 12.3. The molecule has 1 aromatic heterocycles. The van der Waals surface area contributed by atoms with Crippen LogP contribution in [0.1, 0.15) is 16.7 Å². The first-order chi connectivity index (χ1) is 14.0. The predicted molar refractivity (Wildman–Crippen MR) is 113 cm³/mol. The maximum Gasteiger partial charge on any atom is 0.229 e. The Morgan fingerprint density at radius 1 is 0.897 bits per heavy atom. The van der Waals surface area contributed by atoms with Gasteiger partial charge in [-0.25, -0.2) is 0 Å². The normalized spacial score (nSPS) is 10.3. The van der Waals surface area contributed by atoms with Gasteiger partial charge in [-0.05, 0) is 54.8 Å². The Labute approximate surface area is 170 Å². The highest BCUT2D eigenvalue weighted by Crippen LogP contribution is 2.28. The smallest absolute Gasteiger partial charge is 0.229 e. The van der Waals surface area contributed by atoms with Crippen molar-refractivity contribution in [2.75, 3.05) is 24.9 Å². The summed E-state index contributed by atoms with van der Waals surface area (Å²) in [7, 11) is 3.13. The Morgan fingerprint density at radius 2 is 1.55 bits per heavy atom. The van der Waals surface area contributed by atoms with Gasteiger partial charge in [-0.3, -0.25) is 4.79 Å². The van der Waals surface area contributed by atoms with E-state index in [4.69, 9.17) is 9.47 Å². The molecule has 150 valence electrons. The van der Waals surface area contributed by atoms with Crippen LogP contribution in [0.2, 0.25) is 0 Å². The highest BCUT2D eigenvalue weighted by Gasteiger charge is 2.10. The van der Waals surface area contributed by atoms with Crippen molar-refractivity contribution in [2.45, 2.75) is 20.3 Å². The average Bonchev–Trinajstić information content (AvgIpc) is 2.72. The van der Waals surface area contributed by atoms with Crippen LogP contribution in [0.25, 0.3) is 0 Å². The van der Waals surface area contributed by atoms with E-state index >= 15 is 0 Å². The van der Waals surface area contributed by atoms with E-state index in [0.29, 0.717) is 23.1 Å². The number of ether oxygens (including phenoxy) is 2. The number of nitrogens with one attached hydrogen (secondary N) is 2. The fourth-order valence-corrected chi connectivity index (χ4v) is 2.97. The third kappa shape index (κ3) is 5.01. The maximum absolute atomic E-state index is 12.3. The summed E-state index contributed by atoms with van der Waals surface area (Å²) in [4.78, 5) is 12.3. The molecule has 1 heterocycles. The Bertz CT molecular complexity index is 983.